The molecule has 1 fully saturated rings. The molecule has 23 heavy (non-hydrogen) atoms. The number of alkyl halides is 3. The number of rotatable bonds is 2. The van der Waals surface area contributed by atoms with Crippen LogP contribution in [0.4, 0.5) is 18.0 Å². The van der Waals surface area contributed by atoms with E-state index in [-0.39, 0.29) is 9.88 Å². The Balaban J connectivity index is 2.36. The number of hydrogen-bond donors (Lipinski definition) is 1. The van der Waals surface area contributed by atoms with E-state index >= 15 is 0 Å². The van der Waals surface area contributed by atoms with Crippen LogP contribution in [0.25, 0.3) is 0 Å². The standard InChI is InChI=1S/C14H18F3N3O2S/c1-7-18-9(14(15,16)17)8(23-7)6-20-10(21)13(5,12(2,3)4)19-11(20)22/h6H2,1-5H3,(H,19,22). The molecule has 1 aliphatic heterocycles. The van der Waals surface area contributed by atoms with Gasteiger partial charge in [0.2, 0.25) is 0 Å². The van der Waals surface area contributed by atoms with Gasteiger partial charge in [-0.05, 0) is 19.3 Å². The molecule has 9 heteroatoms. The molecule has 2 rings (SSSR count). The van der Waals surface area contributed by atoms with Gasteiger partial charge in [0.1, 0.15) is 5.54 Å². The fraction of sp³-hybridized carbons (Fsp3) is 0.643. The van der Waals surface area contributed by atoms with Crippen molar-refractivity contribution in [3.05, 3.63) is 15.6 Å². The van der Waals surface area contributed by atoms with Crippen LogP contribution in [0.15, 0.2) is 0 Å². The molecule has 1 unspecified atom stereocenters. The zero-order valence-corrected chi connectivity index (χ0v) is 14.3. The number of imide groups is 1. The van der Waals surface area contributed by atoms with Gasteiger partial charge in [0, 0.05) is 0 Å². The second-order valence-electron chi connectivity index (χ2n) is 6.70. The topological polar surface area (TPSA) is 62.3 Å². The zero-order chi connectivity index (χ0) is 17.8. The molecule has 1 aromatic heterocycles. The first-order chi connectivity index (χ1) is 10.3. The average molecular weight is 349 g/mol. The highest BCUT2D eigenvalue weighted by Crippen LogP contribution is 2.38. The summed E-state index contributed by atoms with van der Waals surface area (Å²) in [6.07, 6.45) is -4.62. The predicted octanol–water partition coefficient (Wildman–Crippen LogP) is 3.33. The predicted molar refractivity (Wildman–Crippen MR) is 78.8 cm³/mol. The third-order valence-electron chi connectivity index (χ3n) is 4.15. The molecule has 1 saturated heterocycles. The zero-order valence-electron chi connectivity index (χ0n) is 13.5. The summed E-state index contributed by atoms with van der Waals surface area (Å²) < 4.78 is 39.0. The maximum Gasteiger partial charge on any atom is 0.434 e. The van der Waals surface area contributed by atoms with Gasteiger partial charge in [-0.1, -0.05) is 20.8 Å². The summed E-state index contributed by atoms with van der Waals surface area (Å²) in [6, 6.07) is -0.688. The molecule has 0 aliphatic carbocycles. The Hall–Kier alpha value is -1.64. The first-order valence-electron chi connectivity index (χ1n) is 6.95. The van der Waals surface area contributed by atoms with Crippen molar-refractivity contribution in [2.75, 3.05) is 0 Å². The molecule has 0 saturated carbocycles. The number of thiazole rings is 1. The summed E-state index contributed by atoms with van der Waals surface area (Å²) in [5.74, 6) is -0.533. The van der Waals surface area contributed by atoms with Gasteiger partial charge in [0.05, 0.1) is 16.4 Å². The van der Waals surface area contributed by atoms with E-state index in [1.54, 1.807) is 27.7 Å². The van der Waals surface area contributed by atoms with Crippen LogP contribution in [0, 0.1) is 12.3 Å². The molecule has 0 bridgehead atoms. The normalized spacial score (nSPS) is 22.7. The molecule has 128 valence electrons. The van der Waals surface area contributed by atoms with Crippen LogP contribution in [0.3, 0.4) is 0 Å². The Labute approximate surface area is 135 Å². The number of aryl methyl sites for hydroxylation is 1. The molecular weight excluding hydrogens is 331 g/mol. The lowest BCUT2D eigenvalue weighted by Crippen LogP contribution is -2.54. The number of amides is 3. The molecule has 5 nitrogen and oxygen atoms in total. The highest BCUT2D eigenvalue weighted by Gasteiger charge is 2.55. The van der Waals surface area contributed by atoms with Crippen molar-refractivity contribution in [3.8, 4) is 0 Å². The second kappa shape index (κ2) is 5.19. The summed E-state index contributed by atoms with van der Waals surface area (Å²) in [5, 5.41) is 2.83. The second-order valence-corrected chi connectivity index (χ2v) is 7.99. The highest BCUT2D eigenvalue weighted by molar-refractivity contribution is 7.11. The van der Waals surface area contributed by atoms with Gasteiger partial charge in [-0.2, -0.15) is 13.2 Å². The lowest BCUT2D eigenvalue weighted by Gasteiger charge is -2.35. The Bertz CT molecular complexity index is 663. The highest BCUT2D eigenvalue weighted by atomic mass is 32.1. The van der Waals surface area contributed by atoms with Crippen LogP contribution in [0.1, 0.15) is 43.3 Å². The fourth-order valence-corrected chi connectivity index (χ4v) is 3.24. The lowest BCUT2D eigenvalue weighted by atomic mass is 9.75. The molecule has 2 heterocycles. The first-order valence-corrected chi connectivity index (χ1v) is 7.76. The van der Waals surface area contributed by atoms with Crippen molar-refractivity contribution in [1.82, 2.24) is 15.2 Å². The van der Waals surface area contributed by atoms with Crippen molar-refractivity contribution in [2.45, 2.75) is 52.9 Å². The number of nitrogens with one attached hydrogen (secondary N) is 1. The molecule has 0 aromatic carbocycles. The van der Waals surface area contributed by atoms with Gasteiger partial charge < -0.3 is 5.32 Å². The van der Waals surface area contributed by atoms with Crippen LogP contribution >= 0.6 is 11.3 Å². The molecule has 1 N–H and O–H groups in total. The molecule has 3 amide bonds. The minimum absolute atomic E-state index is 0.142. The van der Waals surface area contributed by atoms with Crippen molar-refractivity contribution in [2.24, 2.45) is 5.41 Å². The molecule has 1 atom stereocenters. The quantitative estimate of drug-likeness (QED) is 0.833. The number of halogens is 3. The summed E-state index contributed by atoms with van der Waals surface area (Å²) >= 11 is 0.835. The van der Waals surface area contributed by atoms with Gasteiger partial charge in [0.25, 0.3) is 5.91 Å². The molecule has 0 spiro atoms. The number of nitrogens with zero attached hydrogens (tertiary/aromatic N) is 2. The SMILES string of the molecule is Cc1nc(C(F)(F)F)c(CN2C(=O)NC(C)(C(C)(C)C)C2=O)s1. The molecular formula is C14H18F3N3O2S. The minimum atomic E-state index is -4.62. The van der Waals surface area contributed by atoms with E-state index in [2.05, 4.69) is 10.3 Å². The van der Waals surface area contributed by atoms with E-state index in [0.29, 0.717) is 0 Å². The third-order valence-corrected chi connectivity index (χ3v) is 5.11. The maximum absolute atomic E-state index is 13.0. The van der Waals surface area contributed by atoms with Crippen LogP contribution in [-0.4, -0.2) is 27.4 Å². The number of carbonyl (C=O) groups excluding carboxylic acids is 2. The Morgan fingerprint density at radius 1 is 1.26 bits per heavy atom. The van der Waals surface area contributed by atoms with Gasteiger partial charge in [-0.25, -0.2) is 9.78 Å². The fourth-order valence-electron chi connectivity index (χ4n) is 2.29. The van der Waals surface area contributed by atoms with Crippen LogP contribution in [-0.2, 0) is 17.5 Å². The van der Waals surface area contributed by atoms with Crippen LogP contribution < -0.4 is 5.32 Å². The van der Waals surface area contributed by atoms with E-state index in [0.717, 1.165) is 16.2 Å². The van der Waals surface area contributed by atoms with Gasteiger partial charge in [-0.3, -0.25) is 9.69 Å². The van der Waals surface area contributed by atoms with E-state index < -0.39 is 41.3 Å². The van der Waals surface area contributed by atoms with E-state index in [9.17, 15) is 22.8 Å². The summed E-state index contributed by atoms with van der Waals surface area (Å²) in [4.78, 5) is 28.9. The third kappa shape index (κ3) is 2.93. The maximum atomic E-state index is 13.0. The summed E-state index contributed by atoms with van der Waals surface area (Å²) in [7, 11) is 0. The molecule has 1 aromatic rings. The van der Waals surface area contributed by atoms with Crippen molar-refractivity contribution >= 4 is 23.3 Å². The molecule has 0 radical (unpaired) electrons. The molecule has 1 aliphatic rings. The van der Waals surface area contributed by atoms with Crippen molar-refractivity contribution in [1.29, 1.82) is 0 Å². The van der Waals surface area contributed by atoms with Crippen molar-refractivity contribution < 1.29 is 22.8 Å². The number of carbonyl (C=O) groups is 2. The Morgan fingerprint density at radius 3 is 2.26 bits per heavy atom. The Morgan fingerprint density at radius 2 is 1.83 bits per heavy atom. The summed E-state index contributed by atoms with van der Waals surface area (Å²) in [6.45, 7) is 7.95. The van der Waals surface area contributed by atoms with Gasteiger partial charge in [-0.15, -0.1) is 11.3 Å². The van der Waals surface area contributed by atoms with E-state index in [4.69, 9.17) is 0 Å². The largest absolute Gasteiger partial charge is 0.434 e. The first kappa shape index (κ1) is 17.7. The van der Waals surface area contributed by atoms with Gasteiger partial charge >= 0.3 is 12.2 Å². The van der Waals surface area contributed by atoms with Gasteiger partial charge in [0.15, 0.2) is 5.69 Å². The smallest absolute Gasteiger partial charge is 0.323 e. The lowest BCUT2D eigenvalue weighted by molar-refractivity contribution is -0.142. The number of hydrogen-bond acceptors (Lipinski definition) is 4. The van der Waals surface area contributed by atoms with Crippen LogP contribution in [0.5, 0.6) is 0 Å². The summed E-state index contributed by atoms with van der Waals surface area (Å²) in [5.41, 5.74) is -2.78. The monoisotopic (exact) mass is 349 g/mol. The van der Waals surface area contributed by atoms with E-state index in [1.807, 2.05) is 0 Å². The number of aromatic nitrogens is 1. The van der Waals surface area contributed by atoms with Crippen molar-refractivity contribution in [3.63, 3.8) is 0 Å². The average Bonchev–Trinajstić information content (AvgIpc) is 2.83. The number of urea groups is 1. The minimum Gasteiger partial charge on any atom is -0.323 e. The van der Waals surface area contributed by atoms with E-state index in [1.165, 1.54) is 6.92 Å². The Kier molecular flexibility index (Phi) is 3.99. The van der Waals surface area contributed by atoms with Crippen LogP contribution in [0.2, 0.25) is 0 Å².